The van der Waals surface area contributed by atoms with Crippen LogP contribution in [0.25, 0.3) is 0 Å². The van der Waals surface area contributed by atoms with Gasteiger partial charge in [0.05, 0.1) is 23.1 Å². The Balaban J connectivity index is 1.55. The number of aryl methyl sites for hydroxylation is 2. The van der Waals surface area contributed by atoms with Crippen molar-refractivity contribution < 1.29 is 9.90 Å². The Labute approximate surface area is 161 Å². The summed E-state index contributed by atoms with van der Waals surface area (Å²) in [4.78, 5) is 16.6. The number of aromatic nitrogens is 3. The zero-order valence-electron chi connectivity index (χ0n) is 16.7. The third kappa shape index (κ3) is 4.67. The fraction of sp³-hybridized carbons (Fsp3) is 0.571. The van der Waals surface area contributed by atoms with Gasteiger partial charge in [-0.25, -0.2) is 0 Å². The predicted octanol–water partition coefficient (Wildman–Crippen LogP) is 3.71. The number of aromatic hydroxyl groups is 1. The second-order valence-electron chi connectivity index (χ2n) is 8.06. The number of nitrogens with one attached hydrogen (secondary N) is 1. The quantitative estimate of drug-likeness (QED) is 0.841. The number of hydrogen-bond acceptors (Lipinski definition) is 4. The molecule has 6 heteroatoms. The molecular formula is C21H30N4O2. The maximum atomic E-state index is 12.5. The van der Waals surface area contributed by atoms with Crippen molar-refractivity contribution in [1.82, 2.24) is 20.1 Å². The van der Waals surface area contributed by atoms with E-state index in [1.165, 1.54) is 18.0 Å². The number of hydrogen-bond donors (Lipinski definition) is 2. The number of carbonyl (C=O) groups is 1. The first-order chi connectivity index (χ1) is 12.8. The maximum absolute atomic E-state index is 12.5. The molecule has 0 spiro atoms. The molecule has 0 radical (unpaired) electrons. The Kier molecular flexibility index (Phi) is 5.82. The summed E-state index contributed by atoms with van der Waals surface area (Å²) in [7, 11) is 0. The average molecular weight is 370 g/mol. The Morgan fingerprint density at radius 3 is 2.63 bits per heavy atom. The molecule has 6 nitrogen and oxygen atoms in total. The van der Waals surface area contributed by atoms with E-state index in [9.17, 15) is 9.90 Å². The van der Waals surface area contributed by atoms with Crippen molar-refractivity contribution in [1.29, 1.82) is 0 Å². The molecule has 0 bridgehead atoms. The topological polar surface area (TPSA) is 80.0 Å². The van der Waals surface area contributed by atoms with Crippen LogP contribution < -0.4 is 5.32 Å². The van der Waals surface area contributed by atoms with Crippen molar-refractivity contribution in [2.45, 2.75) is 71.9 Å². The summed E-state index contributed by atoms with van der Waals surface area (Å²) in [5.41, 5.74) is 3.46. The van der Waals surface area contributed by atoms with Gasteiger partial charge in [-0.05, 0) is 63.5 Å². The smallest absolute Gasteiger partial charge is 0.253 e. The highest BCUT2D eigenvalue weighted by atomic mass is 16.3. The van der Waals surface area contributed by atoms with E-state index < -0.39 is 0 Å². The SMILES string of the molecule is Cc1cc(C(C)C)n(CC2CCC(NC(=O)c3cc(O)cnc3C)CC2)n1. The molecule has 0 aromatic carbocycles. The molecule has 2 aromatic rings. The fourth-order valence-corrected chi connectivity index (χ4v) is 3.93. The molecule has 0 atom stereocenters. The highest BCUT2D eigenvalue weighted by Gasteiger charge is 2.25. The summed E-state index contributed by atoms with van der Waals surface area (Å²) < 4.78 is 2.17. The van der Waals surface area contributed by atoms with E-state index in [1.807, 2.05) is 6.92 Å². The molecule has 27 heavy (non-hydrogen) atoms. The summed E-state index contributed by atoms with van der Waals surface area (Å²) >= 11 is 0. The van der Waals surface area contributed by atoms with Crippen LogP contribution in [0, 0.1) is 19.8 Å². The molecule has 1 aliphatic rings. The van der Waals surface area contributed by atoms with Crippen LogP contribution in [0.1, 0.15) is 72.9 Å². The number of rotatable bonds is 5. The Morgan fingerprint density at radius 2 is 1.96 bits per heavy atom. The van der Waals surface area contributed by atoms with Gasteiger partial charge in [0.15, 0.2) is 0 Å². The number of carbonyl (C=O) groups excluding carboxylic acids is 1. The van der Waals surface area contributed by atoms with Gasteiger partial charge in [0.25, 0.3) is 5.91 Å². The van der Waals surface area contributed by atoms with E-state index in [0.29, 0.717) is 23.1 Å². The summed E-state index contributed by atoms with van der Waals surface area (Å²) in [5.74, 6) is 0.939. The summed E-state index contributed by atoms with van der Waals surface area (Å²) in [6.45, 7) is 9.20. The van der Waals surface area contributed by atoms with Crippen molar-refractivity contribution in [2.75, 3.05) is 0 Å². The minimum Gasteiger partial charge on any atom is -0.506 e. The zero-order chi connectivity index (χ0) is 19.6. The first-order valence-electron chi connectivity index (χ1n) is 9.84. The molecule has 0 unspecified atom stereocenters. The highest BCUT2D eigenvalue weighted by Crippen LogP contribution is 2.27. The van der Waals surface area contributed by atoms with Gasteiger partial charge in [-0.3, -0.25) is 14.5 Å². The molecule has 2 N–H and O–H groups in total. The first kappa shape index (κ1) is 19.4. The van der Waals surface area contributed by atoms with Gasteiger partial charge >= 0.3 is 0 Å². The van der Waals surface area contributed by atoms with Crippen LogP contribution in [-0.4, -0.2) is 31.8 Å². The van der Waals surface area contributed by atoms with Crippen molar-refractivity contribution in [3.63, 3.8) is 0 Å². The van der Waals surface area contributed by atoms with Crippen molar-refractivity contribution in [3.05, 3.63) is 41.0 Å². The lowest BCUT2D eigenvalue weighted by Crippen LogP contribution is -2.38. The van der Waals surface area contributed by atoms with E-state index in [-0.39, 0.29) is 17.7 Å². The Hall–Kier alpha value is -2.37. The third-order valence-electron chi connectivity index (χ3n) is 5.46. The number of amides is 1. The second-order valence-corrected chi connectivity index (χ2v) is 8.06. The molecule has 146 valence electrons. The minimum atomic E-state index is -0.149. The summed E-state index contributed by atoms with van der Waals surface area (Å²) in [6.07, 6.45) is 5.47. The normalized spacial score (nSPS) is 20.0. The van der Waals surface area contributed by atoms with Gasteiger partial charge in [-0.2, -0.15) is 5.10 Å². The van der Waals surface area contributed by atoms with E-state index in [4.69, 9.17) is 0 Å². The lowest BCUT2D eigenvalue weighted by molar-refractivity contribution is 0.0918. The van der Waals surface area contributed by atoms with Gasteiger partial charge in [0.1, 0.15) is 5.75 Å². The van der Waals surface area contributed by atoms with Gasteiger partial charge < -0.3 is 10.4 Å². The Bertz CT molecular complexity index is 805. The molecule has 0 saturated heterocycles. The highest BCUT2D eigenvalue weighted by molar-refractivity contribution is 5.95. The van der Waals surface area contributed by atoms with Crippen molar-refractivity contribution >= 4 is 5.91 Å². The van der Waals surface area contributed by atoms with Crippen LogP contribution in [0.4, 0.5) is 0 Å². The molecule has 1 aliphatic carbocycles. The summed E-state index contributed by atoms with van der Waals surface area (Å²) in [6, 6.07) is 3.85. The molecule has 2 heterocycles. The van der Waals surface area contributed by atoms with Crippen LogP contribution in [0.5, 0.6) is 5.75 Å². The van der Waals surface area contributed by atoms with E-state index in [0.717, 1.165) is 37.9 Å². The average Bonchev–Trinajstić information content (AvgIpc) is 2.99. The molecule has 1 saturated carbocycles. The monoisotopic (exact) mass is 370 g/mol. The molecule has 1 fully saturated rings. The fourth-order valence-electron chi connectivity index (χ4n) is 3.93. The van der Waals surface area contributed by atoms with E-state index in [2.05, 4.69) is 40.0 Å². The van der Waals surface area contributed by atoms with Gasteiger partial charge in [-0.1, -0.05) is 13.8 Å². The summed E-state index contributed by atoms with van der Waals surface area (Å²) in [5, 5.41) is 17.4. The van der Waals surface area contributed by atoms with Crippen LogP contribution in [0.15, 0.2) is 18.3 Å². The van der Waals surface area contributed by atoms with Gasteiger partial charge in [0.2, 0.25) is 0 Å². The number of pyridine rings is 1. The molecule has 2 aromatic heterocycles. The largest absolute Gasteiger partial charge is 0.506 e. The minimum absolute atomic E-state index is 0.0185. The van der Waals surface area contributed by atoms with E-state index >= 15 is 0 Å². The van der Waals surface area contributed by atoms with Crippen molar-refractivity contribution in [2.24, 2.45) is 5.92 Å². The van der Waals surface area contributed by atoms with Crippen LogP contribution in [-0.2, 0) is 6.54 Å². The number of nitrogens with zero attached hydrogens (tertiary/aromatic N) is 3. The molecule has 3 rings (SSSR count). The van der Waals surface area contributed by atoms with Gasteiger partial charge in [0, 0.05) is 18.3 Å². The standard InChI is InChI=1S/C21H30N4O2/c1-13(2)20-9-14(3)24-25(20)12-16-5-7-17(8-6-16)23-21(27)19-10-18(26)11-22-15(19)4/h9-11,13,16-17,26H,5-8,12H2,1-4H3,(H,23,27). The lowest BCUT2D eigenvalue weighted by Gasteiger charge is -2.29. The third-order valence-corrected chi connectivity index (χ3v) is 5.46. The molecule has 0 aliphatic heterocycles. The molecule has 1 amide bonds. The lowest BCUT2D eigenvalue weighted by atomic mass is 9.85. The maximum Gasteiger partial charge on any atom is 0.253 e. The Morgan fingerprint density at radius 1 is 1.26 bits per heavy atom. The van der Waals surface area contributed by atoms with E-state index in [1.54, 1.807) is 6.92 Å². The first-order valence-corrected chi connectivity index (χ1v) is 9.84. The predicted molar refractivity (Wildman–Crippen MR) is 105 cm³/mol. The van der Waals surface area contributed by atoms with Crippen LogP contribution in [0.3, 0.4) is 0 Å². The van der Waals surface area contributed by atoms with Crippen LogP contribution >= 0.6 is 0 Å². The zero-order valence-corrected chi connectivity index (χ0v) is 16.7. The van der Waals surface area contributed by atoms with Crippen LogP contribution in [0.2, 0.25) is 0 Å². The van der Waals surface area contributed by atoms with Gasteiger partial charge in [-0.15, -0.1) is 0 Å². The molecular weight excluding hydrogens is 340 g/mol. The van der Waals surface area contributed by atoms with Crippen molar-refractivity contribution in [3.8, 4) is 5.75 Å². The second kappa shape index (κ2) is 8.11.